The number of nitro groups is 1. The van der Waals surface area contributed by atoms with Crippen LogP contribution in [0.5, 0.6) is 0 Å². The smallest absolute Gasteiger partial charge is 0.294 e. The van der Waals surface area contributed by atoms with Crippen LogP contribution >= 0.6 is 0 Å². The van der Waals surface area contributed by atoms with Gasteiger partial charge in [0.05, 0.1) is 21.7 Å². The van der Waals surface area contributed by atoms with Crippen molar-refractivity contribution in [2.75, 3.05) is 24.3 Å². The molecule has 10 heteroatoms. The molecule has 2 aromatic rings. The Bertz CT molecular complexity index is 895. The molecule has 0 aliphatic carbocycles. The van der Waals surface area contributed by atoms with E-state index in [2.05, 4.69) is 15.0 Å². The normalized spacial score (nSPS) is 11.4. The Hall–Kier alpha value is -2.72. The number of benzene rings is 1. The second kappa shape index (κ2) is 7.67. The average Bonchev–Trinajstić information content (AvgIpc) is 2.54. The van der Waals surface area contributed by atoms with Gasteiger partial charge in [0.25, 0.3) is 5.69 Å². The van der Waals surface area contributed by atoms with Gasteiger partial charge in [-0.1, -0.05) is 0 Å². The highest BCUT2D eigenvalue weighted by molar-refractivity contribution is 7.89. The van der Waals surface area contributed by atoms with E-state index in [1.54, 1.807) is 32.2 Å². The first-order valence-electron chi connectivity index (χ1n) is 7.81. The molecule has 1 heterocycles. The first-order chi connectivity index (χ1) is 12.1. The molecule has 26 heavy (non-hydrogen) atoms. The molecule has 140 valence electrons. The van der Waals surface area contributed by atoms with Gasteiger partial charge in [-0.05, 0) is 38.1 Å². The van der Waals surface area contributed by atoms with Crippen molar-refractivity contribution >= 4 is 32.9 Å². The van der Waals surface area contributed by atoms with Crippen molar-refractivity contribution in [2.45, 2.75) is 24.8 Å². The highest BCUT2D eigenvalue weighted by atomic mass is 32.2. The molecule has 0 aliphatic rings. The number of nitrogens with one attached hydrogen (secondary N) is 2. The Morgan fingerprint density at radius 1 is 1.19 bits per heavy atom. The second-order valence-corrected chi connectivity index (χ2v) is 7.85. The average molecular weight is 379 g/mol. The fourth-order valence-corrected chi connectivity index (χ4v) is 3.46. The number of anilines is 3. The lowest BCUT2D eigenvalue weighted by atomic mass is 10.2. The van der Waals surface area contributed by atoms with Crippen LogP contribution < -0.4 is 14.9 Å². The van der Waals surface area contributed by atoms with E-state index >= 15 is 0 Å². The Balaban J connectivity index is 2.36. The first-order valence-corrected chi connectivity index (χ1v) is 9.29. The minimum Gasteiger partial charge on any atom is -0.363 e. The Kier molecular flexibility index (Phi) is 5.78. The molecular formula is C16H21N5O4S. The summed E-state index contributed by atoms with van der Waals surface area (Å²) in [6.07, 6.45) is 1.55. The van der Waals surface area contributed by atoms with Crippen molar-refractivity contribution in [3.63, 3.8) is 0 Å². The first kappa shape index (κ1) is 19.6. The Labute approximate surface area is 152 Å². The van der Waals surface area contributed by atoms with Gasteiger partial charge in [-0.15, -0.1) is 0 Å². The number of sulfonamides is 1. The van der Waals surface area contributed by atoms with Crippen LogP contribution in [0.15, 0.2) is 41.4 Å². The maximum atomic E-state index is 12.2. The Morgan fingerprint density at radius 3 is 2.38 bits per heavy atom. The monoisotopic (exact) mass is 379 g/mol. The van der Waals surface area contributed by atoms with Gasteiger partial charge < -0.3 is 10.2 Å². The standard InChI is InChI=1S/C16H21N5O4S/c1-11(2)19-26(24,25)13-6-7-14(15(9-13)21(22)23)18-12-5-8-16(17-10-12)20(3)4/h5-11,18-19H,1-4H3. The van der Waals surface area contributed by atoms with Crippen molar-refractivity contribution < 1.29 is 13.3 Å². The lowest BCUT2D eigenvalue weighted by Crippen LogP contribution is -2.30. The quantitative estimate of drug-likeness (QED) is 0.560. The van der Waals surface area contributed by atoms with Crippen molar-refractivity contribution in [1.29, 1.82) is 0 Å². The van der Waals surface area contributed by atoms with Gasteiger partial charge in [0.1, 0.15) is 11.5 Å². The summed E-state index contributed by atoms with van der Waals surface area (Å²) in [7, 11) is -0.117. The van der Waals surface area contributed by atoms with E-state index in [1.165, 1.54) is 12.1 Å². The molecule has 0 unspecified atom stereocenters. The van der Waals surface area contributed by atoms with Gasteiger partial charge >= 0.3 is 0 Å². The maximum Gasteiger partial charge on any atom is 0.294 e. The van der Waals surface area contributed by atoms with Gasteiger partial charge in [-0.25, -0.2) is 18.1 Å². The molecule has 0 radical (unpaired) electrons. The van der Waals surface area contributed by atoms with Crippen LogP contribution in [0, 0.1) is 10.1 Å². The van der Waals surface area contributed by atoms with Crippen LogP contribution in [0.2, 0.25) is 0 Å². The molecule has 2 N–H and O–H groups in total. The van der Waals surface area contributed by atoms with Crippen LogP contribution in [-0.4, -0.2) is 38.5 Å². The number of hydrogen-bond acceptors (Lipinski definition) is 7. The molecule has 0 atom stereocenters. The summed E-state index contributed by atoms with van der Waals surface area (Å²) in [5, 5.41) is 14.3. The lowest BCUT2D eigenvalue weighted by molar-refractivity contribution is -0.384. The van der Waals surface area contributed by atoms with Crippen LogP contribution in [0.4, 0.5) is 22.9 Å². The summed E-state index contributed by atoms with van der Waals surface area (Å²) in [4.78, 5) is 16.6. The number of nitrogens with zero attached hydrogens (tertiary/aromatic N) is 3. The fourth-order valence-electron chi connectivity index (χ4n) is 2.19. The summed E-state index contributed by atoms with van der Waals surface area (Å²) in [5.74, 6) is 0.742. The number of nitro benzene ring substituents is 1. The Morgan fingerprint density at radius 2 is 1.88 bits per heavy atom. The van der Waals surface area contributed by atoms with Gasteiger partial charge in [0.2, 0.25) is 10.0 Å². The molecule has 1 aromatic carbocycles. The molecule has 9 nitrogen and oxygen atoms in total. The van der Waals surface area contributed by atoms with Crippen LogP contribution in [-0.2, 0) is 10.0 Å². The molecule has 0 aliphatic heterocycles. The molecule has 0 bridgehead atoms. The zero-order valence-electron chi connectivity index (χ0n) is 14.9. The van der Waals surface area contributed by atoms with E-state index in [0.29, 0.717) is 5.69 Å². The summed E-state index contributed by atoms with van der Waals surface area (Å²) in [5.41, 5.74) is 0.390. The van der Waals surface area contributed by atoms with Gasteiger partial charge in [0, 0.05) is 26.2 Å². The molecule has 1 aromatic heterocycles. The number of aromatic nitrogens is 1. The predicted molar refractivity (Wildman–Crippen MR) is 100 cm³/mol. The van der Waals surface area contributed by atoms with E-state index in [1.807, 2.05) is 19.0 Å². The van der Waals surface area contributed by atoms with Crippen LogP contribution in [0.25, 0.3) is 0 Å². The fraction of sp³-hybridized carbons (Fsp3) is 0.312. The van der Waals surface area contributed by atoms with Crippen molar-refractivity contribution in [3.8, 4) is 0 Å². The van der Waals surface area contributed by atoms with Crippen LogP contribution in [0.1, 0.15) is 13.8 Å². The minimum absolute atomic E-state index is 0.162. The molecule has 0 saturated carbocycles. The third-order valence-electron chi connectivity index (χ3n) is 3.35. The molecule has 0 amide bonds. The van der Waals surface area contributed by atoms with Crippen molar-refractivity contribution in [2.24, 2.45) is 0 Å². The van der Waals surface area contributed by atoms with E-state index in [4.69, 9.17) is 0 Å². The predicted octanol–water partition coefficient (Wildman–Crippen LogP) is 2.49. The molecule has 0 fully saturated rings. The summed E-state index contributed by atoms with van der Waals surface area (Å²) < 4.78 is 26.8. The highest BCUT2D eigenvalue weighted by Gasteiger charge is 2.22. The van der Waals surface area contributed by atoms with Gasteiger partial charge in [-0.2, -0.15) is 0 Å². The van der Waals surface area contributed by atoms with Gasteiger partial charge in [0.15, 0.2) is 0 Å². The van der Waals surface area contributed by atoms with Crippen LogP contribution in [0.3, 0.4) is 0 Å². The zero-order chi connectivity index (χ0) is 19.5. The number of hydrogen-bond donors (Lipinski definition) is 2. The summed E-state index contributed by atoms with van der Waals surface area (Å²) >= 11 is 0. The minimum atomic E-state index is -3.82. The largest absolute Gasteiger partial charge is 0.363 e. The van der Waals surface area contributed by atoms with E-state index < -0.39 is 14.9 Å². The van der Waals surface area contributed by atoms with E-state index in [0.717, 1.165) is 11.9 Å². The zero-order valence-corrected chi connectivity index (χ0v) is 15.7. The third kappa shape index (κ3) is 4.67. The topological polar surface area (TPSA) is 117 Å². The summed E-state index contributed by atoms with van der Waals surface area (Å²) in [6, 6.07) is 6.90. The maximum absolute atomic E-state index is 12.2. The number of rotatable bonds is 7. The third-order valence-corrected chi connectivity index (χ3v) is 5.01. The highest BCUT2D eigenvalue weighted by Crippen LogP contribution is 2.30. The van der Waals surface area contributed by atoms with Crippen molar-refractivity contribution in [3.05, 3.63) is 46.6 Å². The molecular weight excluding hydrogens is 358 g/mol. The lowest BCUT2D eigenvalue weighted by Gasteiger charge is -2.13. The molecule has 2 rings (SSSR count). The van der Waals surface area contributed by atoms with E-state index in [-0.39, 0.29) is 22.3 Å². The molecule has 0 saturated heterocycles. The second-order valence-electron chi connectivity index (χ2n) is 6.14. The van der Waals surface area contributed by atoms with Gasteiger partial charge in [-0.3, -0.25) is 10.1 Å². The van der Waals surface area contributed by atoms with Crippen molar-refractivity contribution in [1.82, 2.24) is 9.71 Å². The number of pyridine rings is 1. The molecule has 0 spiro atoms. The SMILES string of the molecule is CC(C)NS(=O)(=O)c1ccc(Nc2ccc(N(C)C)nc2)c([N+](=O)[O-])c1. The van der Waals surface area contributed by atoms with E-state index in [9.17, 15) is 18.5 Å². The summed E-state index contributed by atoms with van der Waals surface area (Å²) in [6.45, 7) is 3.35.